The summed E-state index contributed by atoms with van der Waals surface area (Å²) in [6, 6.07) is 8.20. The Morgan fingerprint density at radius 1 is 1.21 bits per heavy atom. The maximum Gasteiger partial charge on any atom is 0.325 e. The van der Waals surface area contributed by atoms with Crippen LogP contribution < -0.4 is 5.32 Å². The van der Waals surface area contributed by atoms with Gasteiger partial charge >= 0.3 is 6.03 Å². The van der Waals surface area contributed by atoms with Crippen molar-refractivity contribution in [1.29, 1.82) is 0 Å². The summed E-state index contributed by atoms with van der Waals surface area (Å²) in [5, 5.41) is 2.59. The summed E-state index contributed by atoms with van der Waals surface area (Å²) in [5.41, 5.74) is -0.847. The summed E-state index contributed by atoms with van der Waals surface area (Å²) in [6.45, 7) is 3.10. The van der Waals surface area contributed by atoms with Crippen LogP contribution in [0.3, 0.4) is 0 Å². The quantitative estimate of drug-likeness (QED) is 0.684. The topological polar surface area (TPSA) is 66.5 Å². The van der Waals surface area contributed by atoms with Crippen molar-refractivity contribution in [2.24, 2.45) is 0 Å². The Balaban J connectivity index is 1.83. The van der Waals surface area contributed by atoms with Crippen molar-refractivity contribution in [3.8, 4) is 0 Å². The van der Waals surface area contributed by atoms with Gasteiger partial charge in [-0.25, -0.2) is 9.18 Å². The van der Waals surface area contributed by atoms with Crippen molar-refractivity contribution >= 4 is 29.1 Å². The second-order valence-electron chi connectivity index (χ2n) is 5.79. The maximum atomic E-state index is 13.1. The third-order valence-electron chi connectivity index (χ3n) is 4.01. The number of nitrogens with zero attached hydrogens (tertiary/aromatic N) is 1. The van der Waals surface area contributed by atoms with Crippen LogP contribution in [-0.4, -0.2) is 29.2 Å². The first kappa shape index (κ1) is 16.3. The van der Waals surface area contributed by atoms with Gasteiger partial charge in [-0.15, -0.1) is 11.3 Å². The monoisotopic (exact) mass is 346 g/mol. The molecule has 0 radical (unpaired) electrons. The van der Waals surface area contributed by atoms with E-state index in [0.29, 0.717) is 10.4 Å². The molecule has 1 aromatic carbocycles. The summed E-state index contributed by atoms with van der Waals surface area (Å²) >= 11 is 1.32. The molecule has 5 nitrogen and oxygen atoms in total. The Kier molecular flexibility index (Phi) is 3.96. The molecule has 1 aromatic heterocycles. The van der Waals surface area contributed by atoms with Crippen molar-refractivity contribution < 1.29 is 18.8 Å². The maximum absolute atomic E-state index is 13.1. The smallest absolute Gasteiger partial charge is 0.319 e. The number of aryl methyl sites for hydroxylation is 1. The van der Waals surface area contributed by atoms with E-state index in [1.807, 2.05) is 13.0 Å². The number of nitrogens with one attached hydrogen (secondary N) is 1. The van der Waals surface area contributed by atoms with Gasteiger partial charge in [0.15, 0.2) is 5.78 Å². The van der Waals surface area contributed by atoms with Crippen molar-refractivity contribution in [3.05, 3.63) is 57.5 Å². The molecule has 124 valence electrons. The second-order valence-corrected chi connectivity index (χ2v) is 7.07. The lowest BCUT2D eigenvalue weighted by molar-refractivity contribution is -0.130. The summed E-state index contributed by atoms with van der Waals surface area (Å²) in [7, 11) is 0. The Bertz CT molecular complexity index is 831. The molecule has 0 spiro atoms. The van der Waals surface area contributed by atoms with E-state index in [-0.39, 0.29) is 12.3 Å². The average Bonchev–Trinajstić information content (AvgIpc) is 3.06. The highest BCUT2D eigenvalue weighted by Crippen LogP contribution is 2.29. The predicted octanol–water partition coefficient (Wildman–Crippen LogP) is 2.85. The molecule has 0 saturated carbocycles. The molecule has 3 amide bonds. The number of rotatable bonds is 4. The summed E-state index contributed by atoms with van der Waals surface area (Å²) in [4.78, 5) is 39.5. The number of hydrogen-bond acceptors (Lipinski definition) is 4. The molecule has 2 aromatic rings. The van der Waals surface area contributed by atoms with E-state index in [1.54, 1.807) is 13.0 Å². The average molecular weight is 346 g/mol. The van der Waals surface area contributed by atoms with E-state index in [2.05, 4.69) is 5.32 Å². The van der Waals surface area contributed by atoms with E-state index in [1.165, 1.54) is 35.6 Å². The molecule has 1 N–H and O–H groups in total. The summed E-state index contributed by atoms with van der Waals surface area (Å²) in [5.74, 6) is -1.25. The summed E-state index contributed by atoms with van der Waals surface area (Å²) < 4.78 is 13.1. The van der Waals surface area contributed by atoms with Gasteiger partial charge in [-0.3, -0.25) is 14.5 Å². The van der Waals surface area contributed by atoms with E-state index < -0.39 is 23.3 Å². The van der Waals surface area contributed by atoms with Gasteiger partial charge in [0.25, 0.3) is 5.91 Å². The molecule has 1 saturated heterocycles. The number of benzene rings is 1. The Morgan fingerprint density at radius 2 is 1.88 bits per heavy atom. The molecule has 1 aliphatic heterocycles. The molecule has 0 unspecified atom stereocenters. The zero-order valence-electron chi connectivity index (χ0n) is 13.1. The van der Waals surface area contributed by atoms with Crippen LogP contribution in [0, 0.1) is 12.7 Å². The van der Waals surface area contributed by atoms with Crippen LogP contribution in [-0.2, 0) is 10.3 Å². The minimum Gasteiger partial charge on any atom is -0.319 e. The number of urea groups is 1. The third kappa shape index (κ3) is 2.71. The molecule has 1 atom stereocenters. The van der Waals surface area contributed by atoms with Crippen molar-refractivity contribution in [3.63, 3.8) is 0 Å². The van der Waals surface area contributed by atoms with Gasteiger partial charge in [0.1, 0.15) is 11.4 Å². The highest BCUT2D eigenvalue weighted by molar-refractivity contribution is 7.14. The van der Waals surface area contributed by atoms with Crippen LogP contribution in [0.1, 0.15) is 27.0 Å². The lowest BCUT2D eigenvalue weighted by Crippen LogP contribution is -2.41. The Morgan fingerprint density at radius 3 is 2.46 bits per heavy atom. The number of ketones is 1. The van der Waals surface area contributed by atoms with Gasteiger partial charge in [0, 0.05) is 4.88 Å². The van der Waals surface area contributed by atoms with Crippen molar-refractivity contribution in [2.75, 3.05) is 6.54 Å². The van der Waals surface area contributed by atoms with Gasteiger partial charge in [-0.05, 0) is 43.7 Å². The zero-order valence-corrected chi connectivity index (χ0v) is 13.9. The molecular weight excluding hydrogens is 331 g/mol. The molecule has 0 bridgehead atoms. The van der Waals surface area contributed by atoms with Crippen LogP contribution in [0.25, 0.3) is 0 Å². The van der Waals surface area contributed by atoms with Crippen LogP contribution >= 0.6 is 11.3 Å². The fourth-order valence-corrected chi connectivity index (χ4v) is 3.42. The van der Waals surface area contributed by atoms with E-state index in [4.69, 9.17) is 0 Å². The lowest BCUT2D eigenvalue weighted by Gasteiger charge is -2.22. The predicted molar refractivity (Wildman–Crippen MR) is 87.4 cm³/mol. The van der Waals surface area contributed by atoms with Gasteiger partial charge in [0.05, 0.1) is 11.4 Å². The fraction of sp³-hybridized carbons (Fsp3) is 0.235. The number of hydrogen-bond donors (Lipinski definition) is 1. The first-order valence-corrected chi connectivity index (χ1v) is 8.13. The minimum atomic E-state index is -1.31. The third-order valence-corrected chi connectivity index (χ3v) is 5.06. The second kappa shape index (κ2) is 5.83. The van der Waals surface area contributed by atoms with Gasteiger partial charge in [0.2, 0.25) is 0 Å². The van der Waals surface area contributed by atoms with Crippen LogP contribution in [0.15, 0.2) is 36.4 Å². The molecule has 7 heteroatoms. The lowest BCUT2D eigenvalue weighted by atomic mass is 9.92. The van der Waals surface area contributed by atoms with Gasteiger partial charge in [-0.1, -0.05) is 12.1 Å². The molecule has 24 heavy (non-hydrogen) atoms. The fourth-order valence-electron chi connectivity index (χ4n) is 2.63. The standard InChI is InChI=1S/C17H15FN2O3S/c1-10-3-8-14(24-10)13(21)9-20-15(22)17(2,19-16(20)23)11-4-6-12(18)7-5-11/h3-8H,9H2,1-2H3,(H,19,23)/t17-/m1/s1. The molecular formula is C17H15FN2O3S. The number of Topliss-reactive ketones (excluding diaryl/α,β-unsaturated/α-hetero) is 1. The highest BCUT2D eigenvalue weighted by atomic mass is 32.1. The van der Waals surface area contributed by atoms with Crippen molar-refractivity contribution in [2.45, 2.75) is 19.4 Å². The summed E-state index contributed by atoms with van der Waals surface area (Å²) in [6.07, 6.45) is 0. The Labute approximate surface area is 142 Å². The van der Waals surface area contributed by atoms with E-state index in [9.17, 15) is 18.8 Å². The number of imide groups is 1. The molecule has 0 aliphatic carbocycles. The number of halogens is 1. The largest absolute Gasteiger partial charge is 0.325 e. The first-order chi connectivity index (χ1) is 11.3. The minimum absolute atomic E-state index is 0.292. The van der Waals surface area contributed by atoms with Crippen LogP contribution in [0.5, 0.6) is 0 Å². The number of carbonyl (C=O) groups excluding carboxylic acids is 3. The molecule has 2 heterocycles. The molecule has 1 fully saturated rings. The molecule has 1 aliphatic rings. The van der Waals surface area contributed by atoms with Crippen molar-refractivity contribution in [1.82, 2.24) is 10.2 Å². The highest BCUT2D eigenvalue weighted by Gasteiger charge is 2.49. The number of carbonyl (C=O) groups is 3. The number of amides is 3. The van der Waals surface area contributed by atoms with Crippen LogP contribution in [0.4, 0.5) is 9.18 Å². The van der Waals surface area contributed by atoms with Crippen LogP contribution in [0.2, 0.25) is 0 Å². The SMILES string of the molecule is Cc1ccc(C(=O)CN2C(=O)N[C@](C)(c3ccc(F)cc3)C2=O)s1. The van der Waals surface area contributed by atoms with E-state index in [0.717, 1.165) is 9.78 Å². The van der Waals surface area contributed by atoms with Gasteiger partial charge < -0.3 is 5.32 Å². The number of thiophene rings is 1. The normalized spacial score (nSPS) is 20.4. The van der Waals surface area contributed by atoms with Gasteiger partial charge in [-0.2, -0.15) is 0 Å². The zero-order chi connectivity index (χ0) is 17.5. The first-order valence-electron chi connectivity index (χ1n) is 7.31. The van der Waals surface area contributed by atoms with E-state index >= 15 is 0 Å². The molecule has 3 rings (SSSR count). The Hall–Kier alpha value is -2.54.